The van der Waals surface area contributed by atoms with E-state index in [0.29, 0.717) is 5.56 Å². The van der Waals surface area contributed by atoms with E-state index >= 15 is 0 Å². The second-order valence-electron chi connectivity index (χ2n) is 5.64. The minimum Gasteiger partial charge on any atom is -0.493 e. The Kier molecular flexibility index (Phi) is 5.97. The molecule has 2 rings (SSSR count). The summed E-state index contributed by atoms with van der Waals surface area (Å²) in [5.74, 6) is -0.621. The lowest BCUT2D eigenvalue weighted by Gasteiger charge is -2.26. The molecule has 136 valence electrons. The van der Waals surface area contributed by atoms with Gasteiger partial charge in [-0.3, -0.25) is 4.98 Å². The molecule has 0 spiro atoms. The van der Waals surface area contributed by atoms with Crippen LogP contribution in [0.5, 0.6) is 11.5 Å². The van der Waals surface area contributed by atoms with Crippen LogP contribution < -0.4 is 9.47 Å². The van der Waals surface area contributed by atoms with E-state index in [4.69, 9.17) is 9.47 Å². The van der Waals surface area contributed by atoms with E-state index in [0.717, 1.165) is 12.1 Å². The van der Waals surface area contributed by atoms with Crippen molar-refractivity contribution in [2.24, 2.45) is 0 Å². The molecule has 0 atom stereocenters. The predicted molar refractivity (Wildman–Crippen MR) is 91.6 cm³/mol. The summed E-state index contributed by atoms with van der Waals surface area (Å²) in [6.45, 7) is 3.54. The van der Waals surface area contributed by atoms with Gasteiger partial charge in [-0.2, -0.15) is 4.31 Å². The number of ether oxygens (including phenoxy) is 2. The molecule has 0 amide bonds. The number of halogens is 1. The lowest BCUT2D eigenvalue weighted by molar-refractivity contribution is 0.339. The van der Waals surface area contributed by atoms with Crippen LogP contribution in [0.2, 0.25) is 0 Å². The highest BCUT2D eigenvalue weighted by Gasteiger charge is 2.31. The van der Waals surface area contributed by atoms with Crippen molar-refractivity contribution < 1.29 is 22.3 Å². The Labute approximate surface area is 147 Å². The Bertz CT molecular complexity index is 826. The molecule has 0 unspecified atom stereocenters. The van der Waals surface area contributed by atoms with E-state index in [-0.39, 0.29) is 24.1 Å². The van der Waals surface area contributed by atoms with Crippen molar-refractivity contribution in [2.45, 2.75) is 31.3 Å². The molecule has 0 bridgehead atoms. The third-order valence-electron chi connectivity index (χ3n) is 3.66. The Morgan fingerprint density at radius 1 is 1.20 bits per heavy atom. The van der Waals surface area contributed by atoms with Crippen LogP contribution in [0.25, 0.3) is 0 Å². The number of hydrogen-bond donors (Lipinski definition) is 0. The molecule has 6 nitrogen and oxygen atoms in total. The van der Waals surface area contributed by atoms with Crippen molar-refractivity contribution >= 4 is 10.0 Å². The molecule has 0 saturated carbocycles. The summed E-state index contributed by atoms with van der Waals surface area (Å²) in [6.07, 6.45) is 3.18. The first-order valence-corrected chi connectivity index (χ1v) is 9.07. The number of methoxy groups -OCH3 is 2. The molecule has 25 heavy (non-hydrogen) atoms. The first kappa shape index (κ1) is 19.1. The predicted octanol–water partition coefficient (Wildman–Crippen LogP) is 2.84. The summed E-state index contributed by atoms with van der Waals surface area (Å²) >= 11 is 0. The average molecular weight is 368 g/mol. The monoisotopic (exact) mass is 368 g/mol. The number of aromatic nitrogens is 1. The van der Waals surface area contributed by atoms with Gasteiger partial charge in [0.25, 0.3) is 0 Å². The van der Waals surface area contributed by atoms with Crippen LogP contribution in [0.15, 0.2) is 41.6 Å². The topological polar surface area (TPSA) is 68.7 Å². The fourth-order valence-electron chi connectivity index (χ4n) is 2.38. The summed E-state index contributed by atoms with van der Waals surface area (Å²) in [7, 11) is -1.37. The van der Waals surface area contributed by atoms with Crippen LogP contribution in [0.1, 0.15) is 19.4 Å². The van der Waals surface area contributed by atoms with Crippen molar-refractivity contribution in [1.82, 2.24) is 9.29 Å². The Morgan fingerprint density at radius 2 is 1.84 bits per heavy atom. The zero-order valence-electron chi connectivity index (χ0n) is 14.6. The molecule has 1 heterocycles. The molecular formula is C17H21FN2O4S. The van der Waals surface area contributed by atoms with Gasteiger partial charge >= 0.3 is 0 Å². The molecule has 0 fully saturated rings. The number of sulfonamides is 1. The van der Waals surface area contributed by atoms with Crippen molar-refractivity contribution in [3.05, 3.63) is 48.0 Å². The SMILES string of the molecule is COc1cc(F)c(S(=O)(=O)N(Cc2cccnc2)C(C)C)cc1OC. The highest BCUT2D eigenvalue weighted by Crippen LogP contribution is 2.34. The van der Waals surface area contributed by atoms with Crippen LogP contribution in [0.3, 0.4) is 0 Å². The minimum atomic E-state index is -4.09. The second kappa shape index (κ2) is 7.79. The molecule has 0 aliphatic rings. The highest BCUT2D eigenvalue weighted by atomic mass is 32.2. The molecular weight excluding hydrogens is 347 g/mol. The lowest BCUT2D eigenvalue weighted by Crippen LogP contribution is -2.36. The van der Waals surface area contributed by atoms with Gasteiger partial charge < -0.3 is 9.47 Å². The van der Waals surface area contributed by atoms with Gasteiger partial charge in [-0.05, 0) is 25.5 Å². The molecule has 0 aliphatic carbocycles. The van der Waals surface area contributed by atoms with Crippen molar-refractivity contribution in [3.63, 3.8) is 0 Å². The van der Waals surface area contributed by atoms with E-state index < -0.39 is 20.7 Å². The molecule has 2 aromatic rings. The lowest BCUT2D eigenvalue weighted by atomic mass is 10.2. The maximum absolute atomic E-state index is 14.5. The van der Waals surface area contributed by atoms with Crippen LogP contribution in [0, 0.1) is 5.82 Å². The maximum atomic E-state index is 14.5. The summed E-state index contributed by atoms with van der Waals surface area (Å²) in [6, 6.07) is 5.26. The normalized spacial score (nSPS) is 11.8. The van der Waals surface area contributed by atoms with E-state index in [9.17, 15) is 12.8 Å². The molecule has 0 aliphatic heterocycles. The third kappa shape index (κ3) is 4.08. The number of pyridine rings is 1. The van der Waals surface area contributed by atoms with E-state index in [2.05, 4.69) is 4.98 Å². The van der Waals surface area contributed by atoms with Gasteiger partial charge in [-0.25, -0.2) is 12.8 Å². The summed E-state index contributed by atoms with van der Waals surface area (Å²) < 4.78 is 51.9. The van der Waals surface area contributed by atoms with Crippen molar-refractivity contribution in [3.8, 4) is 11.5 Å². The van der Waals surface area contributed by atoms with Gasteiger partial charge in [0.1, 0.15) is 10.7 Å². The number of hydrogen-bond acceptors (Lipinski definition) is 5. The van der Waals surface area contributed by atoms with Gasteiger partial charge in [0.15, 0.2) is 11.5 Å². The minimum absolute atomic E-state index is 0.0849. The zero-order valence-corrected chi connectivity index (χ0v) is 15.4. The molecule has 0 saturated heterocycles. The van der Waals surface area contributed by atoms with Gasteiger partial charge in [-0.15, -0.1) is 0 Å². The maximum Gasteiger partial charge on any atom is 0.246 e. The number of nitrogens with zero attached hydrogens (tertiary/aromatic N) is 2. The average Bonchev–Trinajstić information content (AvgIpc) is 2.59. The third-order valence-corrected chi connectivity index (χ3v) is 5.70. The van der Waals surface area contributed by atoms with Crippen LogP contribution in [-0.4, -0.2) is 38.0 Å². The molecule has 0 radical (unpaired) electrons. The number of benzene rings is 1. The largest absolute Gasteiger partial charge is 0.493 e. The zero-order chi connectivity index (χ0) is 18.6. The fourth-order valence-corrected chi connectivity index (χ4v) is 4.06. The summed E-state index contributed by atoms with van der Waals surface area (Å²) in [5.41, 5.74) is 0.709. The van der Waals surface area contributed by atoms with E-state index in [1.807, 2.05) is 0 Å². The smallest absolute Gasteiger partial charge is 0.246 e. The number of rotatable bonds is 7. The van der Waals surface area contributed by atoms with Gasteiger partial charge in [0.05, 0.1) is 14.2 Å². The van der Waals surface area contributed by atoms with E-state index in [1.165, 1.54) is 18.5 Å². The molecule has 8 heteroatoms. The standard InChI is InChI=1S/C17H21FN2O4S/c1-12(2)20(11-13-6-5-7-19-10-13)25(21,22)17-9-16(24-4)15(23-3)8-14(17)18/h5-10,12H,11H2,1-4H3. The van der Waals surface area contributed by atoms with Gasteiger partial charge in [-0.1, -0.05) is 6.07 Å². The Hall–Kier alpha value is -2.19. The molecule has 0 N–H and O–H groups in total. The Balaban J connectivity index is 2.50. The van der Waals surface area contributed by atoms with E-state index in [1.54, 1.807) is 38.4 Å². The van der Waals surface area contributed by atoms with Crippen LogP contribution >= 0.6 is 0 Å². The van der Waals surface area contributed by atoms with Gasteiger partial charge in [0.2, 0.25) is 10.0 Å². The molecule has 1 aromatic heterocycles. The first-order valence-electron chi connectivity index (χ1n) is 7.63. The Morgan fingerprint density at radius 3 is 2.36 bits per heavy atom. The first-order chi connectivity index (χ1) is 11.8. The summed E-state index contributed by atoms with van der Waals surface area (Å²) in [4.78, 5) is 3.53. The van der Waals surface area contributed by atoms with Crippen LogP contribution in [-0.2, 0) is 16.6 Å². The molecule has 1 aromatic carbocycles. The van der Waals surface area contributed by atoms with Gasteiger partial charge in [0, 0.05) is 37.1 Å². The van der Waals surface area contributed by atoms with Crippen molar-refractivity contribution in [1.29, 1.82) is 0 Å². The van der Waals surface area contributed by atoms with Crippen LogP contribution in [0.4, 0.5) is 4.39 Å². The fraction of sp³-hybridized carbons (Fsp3) is 0.353. The summed E-state index contributed by atoms with van der Waals surface area (Å²) in [5, 5.41) is 0. The highest BCUT2D eigenvalue weighted by molar-refractivity contribution is 7.89. The quantitative estimate of drug-likeness (QED) is 0.752. The van der Waals surface area contributed by atoms with Crippen molar-refractivity contribution in [2.75, 3.05) is 14.2 Å². The second-order valence-corrected chi connectivity index (χ2v) is 7.50.